The number of nitrogens with zero attached hydrogens (tertiary/aromatic N) is 7. The Morgan fingerprint density at radius 3 is 2.75 bits per heavy atom. The van der Waals surface area contributed by atoms with Gasteiger partial charge < -0.3 is 10.6 Å². The van der Waals surface area contributed by atoms with Gasteiger partial charge in [-0.25, -0.2) is 14.3 Å². The van der Waals surface area contributed by atoms with E-state index in [0.717, 1.165) is 24.3 Å². The van der Waals surface area contributed by atoms with Gasteiger partial charge in [-0.15, -0.1) is 5.10 Å². The van der Waals surface area contributed by atoms with Gasteiger partial charge in [-0.1, -0.05) is 18.2 Å². The Kier molecular flexibility index (Phi) is 5.98. The fraction of sp³-hybridized carbons (Fsp3) is 0.364. The zero-order valence-electron chi connectivity index (χ0n) is 17.8. The van der Waals surface area contributed by atoms with Crippen LogP contribution in [0.15, 0.2) is 36.7 Å². The largest absolute Gasteiger partial charge is 0.363 e. The Hall–Kier alpha value is -4.00. The summed E-state index contributed by atoms with van der Waals surface area (Å²) >= 11 is 0. The van der Waals surface area contributed by atoms with Crippen LogP contribution in [0.3, 0.4) is 0 Å². The van der Waals surface area contributed by atoms with Crippen LogP contribution in [0.4, 0.5) is 5.82 Å². The van der Waals surface area contributed by atoms with Crippen molar-refractivity contribution in [3.63, 3.8) is 0 Å². The molecule has 2 aromatic heterocycles. The molecule has 0 spiro atoms. The minimum absolute atomic E-state index is 0.0283. The van der Waals surface area contributed by atoms with E-state index in [-0.39, 0.29) is 11.7 Å². The molecule has 0 unspecified atom stereocenters. The molecule has 10 nitrogen and oxygen atoms in total. The highest BCUT2D eigenvalue weighted by molar-refractivity contribution is 5.92. The molecule has 1 saturated carbocycles. The minimum Gasteiger partial charge on any atom is -0.363 e. The fourth-order valence-corrected chi connectivity index (χ4v) is 3.54. The molecule has 3 heterocycles. The number of benzene rings is 1. The smallest absolute Gasteiger partial charge is 0.288 e. The Morgan fingerprint density at radius 2 is 2.06 bits per heavy atom. The number of carbonyl (C=O) groups is 2. The molecule has 5 rings (SSSR count). The molecule has 0 bridgehead atoms. The fourth-order valence-electron chi connectivity index (χ4n) is 3.54. The molecule has 1 fully saturated rings. The van der Waals surface area contributed by atoms with Crippen LogP contribution in [0.2, 0.25) is 0 Å². The van der Waals surface area contributed by atoms with Gasteiger partial charge in [0.15, 0.2) is 0 Å². The quantitative estimate of drug-likeness (QED) is 0.668. The molecule has 32 heavy (non-hydrogen) atoms. The van der Waals surface area contributed by atoms with Crippen molar-refractivity contribution < 1.29 is 9.59 Å². The number of hydrogen-bond donors (Lipinski definition) is 1. The van der Waals surface area contributed by atoms with E-state index >= 15 is 0 Å². The topological polar surface area (TPSA) is 136 Å². The van der Waals surface area contributed by atoms with Gasteiger partial charge in [-0.05, 0) is 30.9 Å². The first-order valence-electron chi connectivity index (χ1n) is 10.5. The maximum atomic E-state index is 11.7. The third kappa shape index (κ3) is 4.67. The van der Waals surface area contributed by atoms with Crippen molar-refractivity contribution in [2.75, 3.05) is 11.9 Å². The number of anilines is 1. The Bertz CT molecular complexity index is 1180. The van der Waals surface area contributed by atoms with E-state index in [2.05, 4.69) is 27.3 Å². The van der Waals surface area contributed by atoms with Gasteiger partial charge in [-0.2, -0.15) is 10.4 Å². The lowest BCUT2D eigenvalue weighted by atomic mass is 10.1. The minimum atomic E-state index is -0.669. The second-order valence-electron chi connectivity index (χ2n) is 7.88. The molecule has 10 heteroatoms. The number of nitrogens with two attached hydrogens (primary N) is 1. The van der Waals surface area contributed by atoms with Gasteiger partial charge in [0.05, 0.1) is 23.9 Å². The van der Waals surface area contributed by atoms with E-state index in [9.17, 15) is 9.59 Å². The maximum Gasteiger partial charge on any atom is 0.288 e. The van der Waals surface area contributed by atoms with Crippen molar-refractivity contribution in [1.29, 1.82) is 5.26 Å². The number of carbonyl (C=O) groups excluding carboxylic acids is 2. The highest BCUT2D eigenvalue weighted by Gasteiger charge is 2.29. The predicted octanol–water partition coefficient (Wildman–Crippen LogP) is 1.81. The second-order valence-corrected chi connectivity index (χ2v) is 7.88. The first-order chi connectivity index (χ1) is 15.5. The van der Waals surface area contributed by atoms with Crippen LogP contribution in [0.5, 0.6) is 0 Å². The normalized spacial score (nSPS) is 15.2. The predicted molar refractivity (Wildman–Crippen MR) is 116 cm³/mol. The number of aromatic nitrogens is 5. The van der Waals surface area contributed by atoms with Crippen LogP contribution in [-0.4, -0.2) is 43.4 Å². The molecule has 1 aliphatic heterocycles. The number of fused-ring (bicyclic) bond motifs is 1. The van der Waals surface area contributed by atoms with Crippen molar-refractivity contribution in [2.45, 2.75) is 44.7 Å². The molecule has 2 amide bonds. The van der Waals surface area contributed by atoms with Crippen LogP contribution < -0.4 is 10.6 Å². The summed E-state index contributed by atoms with van der Waals surface area (Å²) in [6, 6.07) is 11.3. The molecule has 0 radical (unpaired) electrons. The lowest BCUT2D eigenvalue weighted by Gasteiger charge is -2.13. The summed E-state index contributed by atoms with van der Waals surface area (Å²) in [4.78, 5) is 28.0. The van der Waals surface area contributed by atoms with E-state index < -0.39 is 5.91 Å². The first kappa shape index (κ1) is 21.2. The van der Waals surface area contributed by atoms with Crippen LogP contribution in [-0.2, 0) is 17.9 Å². The molecule has 2 N–H and O–H groups in total. The summed E-state index contributed by atoms with van der Waals surface area (Å²) in [5.41, 5.74) is 7.61. The number of nitriles is 1. The monoisotopic (exact) mass is 432 g/mol. The first-order valence-corrected chi connectivity index (χ1v) is 10.5. The average molecular weight is 432 g/mol. The third-order valence-corrected chi connectivity index (χ3v) is 5.48. The van der Waals surface area contributed by atoms with Crippen molar-refractivity contribution >= 4 is 17.6 Å². The summed E-state index contributed by atoms with van der Waals surface area (Å²) in [5.74, 6) is 1.14. The van der Waals surface area contributed by atoms with Crippen LogP contribution in [0.25, 0.3) is 0 Å². The zero-order valence-corrected chi connectivity index (χ0v) is 17.8. The summed E-state index contributed by atoms with van der Waals surface area (Å²) in [7, 11) is 1.85. The summed E-state index contributed by atoms with van der Waals surface area (Å²) in [5, 5.41) is 17.4. The molecule has 1 aromatic carbocycles. The van der Waals surface area contributed by atoms with Gasteiger partial charge in [0.2, 0.25) is 11.7 Å². The number of rotatable bonds is 4. The molecule has 2 aliphatic rings. The second kappa shape index (κ2) is 9.01. The molecule has 164 valence electrons. The van der Waals surface area contributed by atoms with Crippen molar-refractivity contribution in [1.82, 2.24) is 24.5 Å². The standard InChI is InChI=1S/C11H9N5O.C11H15N3O/c12-5-8-3-1-2-4-9(8)6-16-7-14-11(15-16)10(13)17;1-13-10-7-9(8-4-5-8)12-14(10)6-2-3-11(13)15/h1-4,7H,6H2,(H2,13,17);7-8H,2-6H2,1H3. The summed E-state index contributed by atoms with van der Waals surface area (Å²) < 4.78 is 3.45. The molecule has 0 atom stereocenters. The third-order valence-electron chi connectivity index (χ3n) is 5.48. The van der Waals surface area contributed by atoms with E-state index in [1.165, 1.54) is 29.5 Å². The SMILES string of the molecule is CN1C(=O)CCCn2nc(C3CC3)cc21.N#Cc1ccccc1Cn1cnc(C(N)=O)n1. The number of amides is 2. The van der Waals surface area contributed by atoms with Crippen LogP contribution in [0, 0.1) is 11.3 Å². The Balaban J connectivity index is 0.000000154. The Labute approximate surface area is 185 Å². The molecule has 0 saturated heterocycles. The zero-order chi connectivity index (χ0) is 22.7. The van der Waals surface area contributed by atoms with Crippen molar-refractivity contribution in [3.05, 3.63) is 59.3 Å². The van der Waals surface area contributed by atoms with Crippen LogP contribution in [0.1, 0.15) is 59.0 Å². The highest BCUT2D eigenvalue weighted by atomic mass is 16.2. The van der Waals surface area contributed by atoms with Gasteiger partial charge in [0.25, 0.3) is 5.91 Å². The van der Waals surface area contributed by atoms with Gasteiger partial charge in [0.1, 0.15) is 12.1 Å². The lowest BCUT2D eigenvalue weighted by Crippen LogP contribution is -2.25. The van der Waals surface area contributed by atoms with E-state index in [1.807, 2.05) is 23.9 Å². The average Bonchev–Trinajstić information content (AvgIpc) is 3.42. The summed E-state index contributed by atoms with van der Waals surface area (Å²) in [6.45, 7) is 1.25. The van der Waals surface area contributed by atoms with E-state index in [1.54, 1.807) is 17.0 Å². The Morgan fingerprint density at radius 1 is 1.28 bits per heavy atom. The molecular formula is C22H24N8O2. The number of primary amides is 1. The highest BCUT2D eigenvalue weighted by Crippen LogP contribution is 2.40. The summed E-state index contributed by atoms with van der Waals surface area (Å²) in [6.07, 6.45) is 5.47. The maximum absolute atomic E-state index is 11.7. The van der Waals surface area contributed by atoms with E-state index in [0.29, 0.717) is 24.4 Å². The van der Waals surface area contributed by atoms with Gasteiger partial charge in [0, 0.05) is 32.0 Å². The van der Waals surface area contributed by atoms with Crippen molar-refractivity contribution in [3.8, 4) is 6.07 Å². The van der Waals surface area contributed by atoms with Gasteiger partial charge >= 0.3 is 0 Å². The van der Waals surface area contributed by atoms with Crippen LogP contribution >= 0.6 is 0 Å². The lowest BCUT2D eigenvalue weighted by molar-refractivity contribution is -0.118. The van der Waals surface area contributed by atoms with E-state index in [4.69, 9.17) is 11.0 Å². The van der Waals surface area contributed by atoms with Crippen molar-refractivity contribution in [2.24, 2.45) is 5.73 Å². The molecular weight excluding hydrogens is 408 g/mol. The molecule has 1 aliphatic carbocycles. The number of aryl methyl sites for hydroxylation is 1. The molecule has 3 aromatic rings. The number of hydrogen-bond acceptors (Lipinski definition) is 6. The van der Waals surface area contributed by atoms with Gasteiger partial charge in [-0.3, -0.25) is 9.59 Å².